The molecule has 0 amide bonds. The van der Waals surface area contributed by atoms with Crippen LogP contribution in [0.25, 0.3) is 0 Å². The average Bonchev–Trinajstić information content (AvgIpc) is 2.49. The summed E-state index contributed by atoms with van der Waals surface area (Å²) in [6, 6.07) is 13.1. The van der Waals surface area contributed by atoms with Crippen LogP contribution < -0.4 is 18.8 Å². The van der Waals surface area contributed by atoms with Crippen molar-refractivity contribution in [3.63, 3.8) is 0 Å². The first-order valence-electron chi connectivity index (χ1n) is 6.15. The lowest BCUT2D eigenvalue weighted by molar-refractivity contribution is 0.191. The predicted octanol–water partition coefficient (Wildman–Crippen LogP) is 3.02. The molecule has 0 saturated heterocycles. The van der Waals surface area contributed by atoms with E-state index < -0.39 is 13.7 Å². The normalized spacial score (nSPS) is 9.81. The van der Waals surface area contributed by atoms with E-state index >= 15 is 0 Å². The number of hydrogen-bond acceptors (Lipinski definition) is 4. The van der Waals surface area contributed by atoms with Crippen LogP contribution in [0.3, 0.4) is 0 Å². The van der Waals surface area contributed by atoms with E-state index in [1.54, 1.807) is 48.5 Å². The zero-order valence-corrected chi connectivity index (χ0v) is 11.1. The Morgan fingerprint density at radius 2 is 1.14 bits per heavy atom. The number of benzene rings is 2. The van der Waals surface area contributed by atoms with Gasteiger partial charge in [-0.25, -0.2) is 8.78 Å². The second-order valence-corrected chi connectivity index (χ2v) is 3.86. The van der Waals surface area contributed by atoms with Crippen molar-refractivity contribution in [1.29, 1.82) is 0 Å². The van der Waals surface area contributed by atoms with E-state index in [0.717, 1.165) is 0 Å². The van der Waals surface area contributed by atoms with Gasteiger partial charge in [-0.15, -0.1) is 0 Å². The van der Waals surface area contributed by atoms with E-state index in [-0.39, 0.29) is 7.69 Å². The van der Waals surface area contributed by atoms with E-state index in [1.807, 2.05) is 0 Å². The third kappa shape index (κ3) is 4.87. The third-order valence-corrected chi connectivity index (χ3v) is 2.50. The summed E-state index contributed by atoms with van der Waals surface area (Å²) >= 11 is 0. The summed E-state index contributed by atoms with van der Waals surface area (Å²) in [5.41, 5.74) is 0. The molecule has 2 rings (SSSR count). The minimum atomic E-state index is -0.901. The van der Waals surface area contributed by atoms with E-state index in [9.17, 15) is 8.78 Å². The van der Waals surface area contributed by atoms with Gasteiger partial charge in [-0.3, -0.25) is 0 Å². The van der Waals surface area contributed by atoms with Crippen LogP contribution in [0.5, 0.6) is 23.0 Å². The lowest BCUT2D eigenvalue weighted by atomic mass is 10.3. The molecule has 0 bridgehead atoms. The Bertz CT molecular complexity index is 519. The molecule has 2 aromatic carbocycles. The zero-order chi connectivity index (χ0) is 14.9. The highest BCUT2D eigenvalue weighted by molar-refractivity contribution is 6.20. The van der Waals surface area contributed by atoms with Gasteiger partial charge in [-0.2, -0.15) is 0 Å². The van der Waals surface area contributed by atoms with Crippen LogP contribution in [0, 0.1) is 0 Å². The molecule has 0 atom stereocenters. The van der Waals surface area contributed by atoms with Crippen LogP contribution in [0.4, 0.5) is 8.78 Å². The molecule has 0 aliphatic carbocycles. The summed E-state index contributed by atoms with van der Waals surface area (Å²) in [5, 5.41) is 0. The van der Waals surface area contributed by atoms with Crippen molar-refractivity contribution in [2.24, 2.45) is 0 Å². The molecular formula is C14H13BF2O4. The second kappa shape index (κ2) is 7.99. The van der Waals surface area contributed by atoms with Gasteiger partial charge in [0.15, 0.2) is 0 Å². The monoisotopic (exact) mass is 294 g/mol. The third-order valence-electron chi connectivity index (χ3n) is 2.50. The van der Waals surface area contributed by atoms with Crippen LogP contribution in [0.2, 0.25) is 0 Å². The molecule has 0 heterocycles. The molecule has 0 fully saturated rings. The van der Waals surface area contributed by atoms with E-state index in [1.165, 1.54) is 0 Å². The summed E-state index contributed by atoms with van der Waals surface area (Å²) in [7, 11) is -0.0574. The number of rotatable bonds is 8. The Morgan fingerprint density at radius 3 is 1.57 bits per heavy atom. The van der Waals surface area contributed by atoms with Gasteiger partial charge in [0.2, 0.25) is 13.7 Å². The minimum Gasteiger partial charge on any atom is -0.528 e. The highest BCUT2D eigenvalue weighted by Crippen LogP contribution is 2.21. The molecule has 4 nitrogen and oxygen atoms in total. The lowest BCUT2D eigenvalue weighted by Crippen LogP contribution is -2.11. The summed E-state index contributed by atoms with van der Waals surface area (Å²) in [5.74, 6) is 1.70. The van der Waals surface area contributed by atoms with Crippen LogP contribution in [0.15, 0.2) is 48.5 Å². The molecule has 0 saturated carbocycles. The molecule has 0 radical (unpaired) electrons. The largest absolute Gasteiger partial charge is 0.576 e. The maximum Gasteiger partial charge on any atom is 0.576 e. The van der Waals surface area contributed by atoms with E-state index in [2.05, 4.69) is 0 Å². The average molecular weight is 294 g/mol. The highest BCUT2D eigenvalue weighted by atomic mass is 19.1. The molecule has 21 heavy (non-hydrogen) atoms. The van der Waals surface area contributed by atoms with E-state index in [4.69, 9.17) is 18.8 Å². The van der Waals surface area contributed by atoms with Crippen molar-refractivity contribution in [3.05, 3.63) is 48.5 Å². The molecular weight excluding hydrogens is 281 g/mol. The maximum absolute atomic E-state index is 12.1. The van der Waals surface area contributed by atoms with Gasteiger partial charge < -0.3 is 18.8 Å². The predicted molar refractivity (Wildman–Crippen MR) is 74.5 cm³/mol. The molecule has 0 aliphatic rings. The molecule has 0 spiro atoms. The summed E-state index contributed by atoms with van der Waals surface area (Å²) in [4.78, 5) is 0. The Kier molecular flexibility index (Phi) is 5.69. The Labute approximate surface area is 121 Å². The highest BCUT2D eigenvalue weighted by Gasteiger charge is 2.03. The molecule has 0 aliphatic heterocycles. The van der Waals surface area contributed by atoms with Gasteiger partial charge in [0.25, 0.3) is 0 Å². The molecule has 0 unspecified atom stereocenters. The second-order valence-electron chi connectivity index (χ2n) is 3.86. The van der Waals surface area contributed by atoms with Gasteiger partial charge in [0.05, 0.1) is 0 Å². The quantitative estimate of drug-likeness (QED) is 0.701. The fraction of sp³-hybridized carbons (Fsp3) is 0.143. The first-order valence-corrected chi connectivity index (χ1v) is 6.15. The van der Waals surface area contributed by atoms with Crippen molar-refractivity contribution >= 4 is 7.69 Å². The van der Waals surface area contributed by atoms with Crippen molar-refractivity contribution in [1.82, 2.24) is 0 Å². The minimum absolute atomic E-state index is 0.0574. The molecule has 110 valence electrons. The van der Waals surface area contributed by atoms with Gasteiger partial charge in [-0.05, 0) is 24.3 Å². The van der Waals surface area contributed by atoms with Gasteiger partial charge in [0.1, 0.15) is 23.0 Å². The van der Waals surface area contributed by atoms with Crippen molar-refractivity contribution in [2.75, 3.05) is 13.7 Å². The molecule has 2 aromatic rings. The smallest absolute Gasteiger partial charge is 0.528 e. The van der Waals surface area contributed by atoms with Crippen LogP contribution >= 0.6 is 0 Å². The summed E-state index contributed by atoms with van der Waals surface area (Å²) in [6.07, 6.45) is 0. The Hall–Kier alpha value is -2.44. The molecule has 0 N–H and O–H groups in total. The number of ether oxygens (including phenoxy) is 2. The van der Waals surface area contributed by atoms with Gasteiger partial charge in [-0.1, -0.05) is 12.1 Å². The standard InChI is InChI=1S/C14H13BF2O4/c16-9-18-11-3-1-5-13(7-11)20-15-21-14-6-2-4-12(8-14)19-10-17/h1-8,15H,9-10H2. The summed E-state index contributed by atoms with van der Waals surface area (Å²) in [6.45, 7) is -1.80. The van der Waals surface area contributed by atoms with Crippen LogP contribution in [-0.2, 0) is 0 Å². The van der Waals surface area contributed by atoms with Crippen LogP contribution in [-0.4, -0.2) is 21.4 Å². The Balaban J connectivity index is 1.86. The SMILES string of the molecule is FCOc1cccc(OBOc2cccc(OCF)c2)c1. The number of alkyl halides is 2. The first kappa shape index (κ1) is 15.0. The van der Waals surface area contributed by atoms with Crippen molar-refractivity contribution in [2.45, 2.75) is 0 Å². The maximum atomic E-state index is 12.1. The fourth-order valence-corrected chi connectivity index (χ4v) is 1.60. The number of hydrogen-bond donors (Lipinski definition) is 0. The topological polar surface area (TPSA) is 36.9 Å². The van der Waals surface area contributed by atoms with E-state index in [0.29, 0.717) is 23.0 Å². The lowest BCUT2D eigenvalue weighted by Gasteiger charge is -2.09. The van der Waals surface area contributed by atoms with Crippen molar-refractivity contribution < 1.29 is 27.6 Å². The van der Waals surface area contributed by atoms with Gasteiger partial charge >= 0.3 is 7.69 Å². The van der Waals surface area contributed by atoms with Crippen molar-refractivity contribution in [3.8, 4) is 23.0 Å². The van der Waals surface area contributed by atoms with Crippen LogP contribution in [0.1, 0.15) is 0 Å². The number of halogens is 2. The summed E-state index contributed by atoms with van der Waals surface area (Å²) < 4.78 is 44.3. The molecule has 7 heteroatoms. The Morgan fingerprint density at radius 1 is 0.714 bits per heavy atom. The molecule has 0 aromatic heterocycles. The first-order chi connectivity index (χ1) is 10.3. The van der Waals surface area contributed by atoms with Gasteiger partial charge in [0, 0.05) is 12.1 Å². The zero-order valence-electron chi connectivity index (χ0n) is 11.1. The fourth-order valence-electron chi connectivity index (χ4n) is 1.60.